The minimum atomic E-state index is -0.566. The molecule has 0 saturated carbocycles. The highest BCUT2D eigenvalue weighted by atomic mass is 35.5. The number of halogens is 2. The van der Waals surface area contributed by atoms with Crippen molar-refractivity contribution in [2.24, 2.45) is 0 Å². The Labute approximate surface area is 185 Å². The first-order valence-corrected chi connectivity index (χ1v) is 10.3. The van der Waals surface area contributed by atoms with Gasteiger partial charge in [-0.2, -0.15) is 0 Å². The lowest BCUT2D eigenvalue weighted by Gasteiger charge is -2.32. The topological polar surface area (TPSA) is 86.9 Å². The lowest BCUT2D eigenvalue weighted by molar-refractivity contribution is -0.385. The van der Waals surface area contributed by atoms with Gasteiger partial charge < -0.3 is 10.0 Å². The summed E-state index contributed by atoms with van der Waals surface area (Å²) in [6.07, 6.45) is 0.153. The van der Waals surface area contributed by atoms with Crippen LogP contribution in [0.3, 0.4) is 0 Å². The molecule has 1 fully saturated rings. The lowest BCUT2D eigenvalue weighted by Crippen LogP contribution is -2.39. The molecule has 1 N–H and O–H groups in total. The molecule has 0 unspecified atom stereocenters. The van der Waals surface area contributed by atoms with Crippen LogP contribution in [0, 0.1) is 10.1 Å². The molecule has 30 heavy (non-hydrogen) atoms. The maximum absolute atomic E-state index is 12.9. The molecule has 2 atom stereocenters. The Hall–Kier alpha value is -2.19. The molecule has 1 aliphatic rings. The summed E-state index contributed by atoms with van der Waals surface area (Å²) in [6, 6.07) is 12.3. The number of likely N-dealkylation sites (N-methyl/N-ethyl adjacent to an activating group) is 1. The van der Waals surface area contributed by atoms with Crippen LogP contribution in [0.2, 0.25) is 10.0 Å². The Bertz CT molecular complexity index is 926. The van der Waals surface area contributed by atoms with Gasteiger partial charge in [0.15, 0.2) is 0 Å². The standard InChI is InChI=1S/C21H23Cl2N3O4/c1-24(21(28)10-15-9-17(22)18(23)11-19(15)26(29)30)13-20(14-5-3-2-4-6-14)25-8-7-16(27)12-25/h2-6,9,11,16,20,27H,7-8,10,12-13H2,1H3/t16-,20-/m0/s1. The number of hydrogen-bond acceptors (Lipinski definition) is 5. The number of aliphatic hydroxyl groups excluding tert-OH is 1. The van der Waals surface area contributed by atoms with Crippen molar-refractivity contribution in [1.29, 1.82) is 0 Å². The van der Waals surface area contributed by atoms with Crippen LogP contribution < -0.4 is 0 Å². The van der Waals surface area contributed by atoms with Gasteiger partial charge in [-0.15, -0.1) is 0 Å². The molecule has 1 saturated heterocycles. The fourth-order valence-corrected chi connectivity index (χ4v) is 4.05. The van der Waals surface area contributed by atoms with Crippen LogP contribution in [0.4, 0.5) is 5.69 Å². The molecule has 1 amide bonds. The van der Waals surface area contributed by atoms with Gasteiger partial charge in [0, 0.05) is 38.3 Å². The Kier molecular flexibility index (Phi) is 7.31. The molecule has 3 rings (SSSR count). The minimum absolute atomic E-state index is 0.0738. The number of likely N-dealkylation sites (tertiary alicyclic amines) is 1. The van der Waals surface area contributed by atoms with Gasteiger partial charge >= 0.3 is 0 Å². The second-order valence-electron chi connectivity index (χ2n) is 7.47. The third kappa shape index (κ3) is 5.29. The van der Waals surface area contributed by atoms with Crippen molar-refractivity contribution in [3.63, 3.8) is 0 Å². The predicted octanol–water partition coefficient (Wildman–Crippen LogP) is 3.71. The molecule has 0 bridgehead atoms. The van der Waals surface area contributed by atoms with Gasteiger partial charge in [0.1, 0.15) is 0 Å². The van der Waals surface area contributed by atoms with Crippen LogP contribution in [0.1, 0.15) is 23.6 Å². The molecular weight excluding hydrogens is 429 g/mol. The van der Waals surface area contributed by atoms with E-state index in [1.165, 1.54) is 12.1 Å². The van der Waals surface area contributed by atoms with Crippen LogP contribution in [-0.2, 0) is 11.2 Å². The molecule has 9 heteroatoms. The number of nitro groups is 1. The number of hydrogen-bond donors (Lipinski definition) is 1. The number of β-amino-alcohol motifs (C(OH)–C–C–N with tert-alkyl or cyclic N) is 1. The molecule has 1 heterocycles. The van der Waals surface area contributed by atoms with Crippen LogP contribution in [0.15, 0.2) is 42.5 Å². The van der Waals surface area contributed by atoms with E-state index in [9.17, 15) is 20.0 Å². The molecular formula is C21H23Cl2N3O4. The smallest absolute Gasteiger partial charge is 0.274 e. The number of carbonyl (C=O) groups is 1. The SMILES string of the molecule is CN(C[C@@H](c1ccccc1)N1CC[C@H](O)C1)C(=O)Cc1cc(Cl)c(Cl)cc1[N+](=O)[O-]. The van der Waals surface area contributed by atoms with Crippen molar-refractivity contribution in [1.82, 2.24) is 9.80 Å². The Morgan fingerprint density at radius 1 is 1.30 bits per heavy atom. The van der Waals surface area contributed by atoms with Gasteiger partial charge in [-0.25, -0.2) is 0 Å². The van der Waals surface area contributed by atoms with Gasteiger partial charge in [-0.1, -0.05) is 53.5 Å². The monoisotopic (exact) mass is 451 g/mol. The summed E-state index contributed by atoms with van der Waals surface area (Å²) in [5.41, 5.74) is 1.04. The maximum Gasteiger partial charge on any atom is 0.274 e. The highest BCUT2D eigenvalue weighted by Gasteiger charge is 2.30. The van der Waals surface area contributed by atoms with Gasteiger partial charge in [0.2, 0.25) is 5.91 Å². The summed E-state index contributed by atoms with van der Waals surface area (Å²) in [6.45, 7) is 1.67. The Balaban J connectivity index is 1.78. The van der Waals surface area contributed by atoms with E-state index in [0.29, 0.717) is 19.5 Å². The normalized spacial score (nSPS) is 17.7. The number of nitrogens with zero attached hydrogens (tertiary/aromatic N) is 3. The first-order valence-electron chi connectivity index (χ1n) is 9.59. The van der Waals surface area contributed by atoms with E-state index < -0.39 is 4.92 Å². The van der Waals surface area contributed by atoms with E-state index in [1.807, 2.05) is 30.3 Å². The number of nitro benzene ring substituents is 1. The second kappa shape index (κ2) is 9.75. The fraction of sp³-hybridized carbons (Fsp3) is 0.381. The van der Waals surface area contributed by atoms with Crippen LogP contribution in [-0.4, -0.2) is 58.5 Å². The minimum Gasteiger partial charge on any atom is -0.392 e. The first kappa shape index (κ1) is 22.5. The van der Waals surface area contributed by atoms with Crippen LogP contribution in [0.5, 0.6) is 0 Å². The molecule has 1 aliphatic heterocycles. The molecule has 0 spiro atoms. The largest absolute Gasteiger partial charge is 0.392 e. The van der Waals surface area contributed by atoms with Gasteiger partial charge in [-0.05, 0) is 18.1 Å². The first-order chi connectivity index (χ1) is 14.3. The molecule has 0 aliphatic carbocycles. The molecule has 2 aromatic carbocycles. The van der Waals surface area contributed by atoms with Crippen molar-refractivity contribution >= 4 is 34.8 Å². The van der Waals surface area contributed by atoms with E-state index in [0.717, 1.165) is 12.1 Å². The molecule has 0 aromatic heterocycles. The van der Waals surface area contributed by atoms with E-state index in [-0.39, 0.29) is 45.8 Å². The third-order valence-electron chi connectivity index (χ3n) is 5.35. The molecule has 7 nitrogen and oxygen atoms in total. The van der Waals surface area contributed by atoms with Gasteiger partial charge in [-0.3, -0.25) is 19.8 Å². The molecule has 0 radical (unpaired) electrons. The summed E-state index contributed by atoms with van der Waals surface area (Å²) in [5.74, 6) is -0.267. The quantitative estimate of drug-likeness (QED) is 0.511. The van der Waals surface area contributed by atoms with Gasteiger partial charge in [0.25, 0.3) is 5.69 Å². The zero-order chi connectivity index (χ0) is 21.8. The molecule has 160 valence electrons. The third-order valence-corrected chi connectivity index (χ3v) is 6.07. The summed E-state index contributed by atoms with van der Waals surface area (Å²) in [5, 5.41) is 21.5. The van der Waals surface area contributed by atoms with Crippen molar-refractivity contribution in [2.75, 3.05) is 26.7 Å². The second-order valence-corrected chi connectivity index (χ2v) is 8.28. The van der Waals surface area contributed by atoms with E-state index in [2.05, 4.69) is 4.90 Å². The van der Waals surface area contributed by atoms with Crippen LogP contribution in [0.25, 0.3) is 0 Å². The zero-order valence-electron chi connectivity index (χ0n) is 16.5. The summed E-state index contributed by atoms with van der Waals surface area (Å²) >= 11 is 11.9. The van der Waals surface area contributed by atoms with Crippen molar-refractivity contribution in [2.45, 2.75) is 25.0 Å². The van der Waals surface area contributed by atoms with E-state index >= 15 is 0 Å². The number of rotatable bonds is 7. The highest BCUT2D eigenvalue weighted by molar-refractivity contribution is 6.42. The summed E-state index contributed by atoms with van der Waals surface area (Å²) < 4.78 is 0. The average Bonchev–Trinajstić information content (AvgIpc) is 3.14. The number of benzene rings is 2. The van der Waals surface area contributed by atoms with Gasteiger partial charge in [0.05, 0.1) is 33.5 Å². The average molecular weight is 452 g/mol. The van der Waals surface area contributed by atoms with Crippen LogP contribution >= 0.6 is 23.2 Å². The van der Waals surface area contributed by atoms with Crippen molar-refractivity contribution < 1.29 is 14.8 Å². The number of amides is 1. The van der Waals surface area contributed by atoms with E-state index in [4.69, 9.17) is 23.2 Å². The lowest BCUT2D eigenvalue weighted by atomic mass is 10.0. The predicted molar refractivity (Wildman–Crippen MR) is 116 cm³/mol. The van der Waals surface area contributed by atoms with E-state index in [1.54, 1.807) is 11.9 Å². The zero-order valence-corrected chi connectivity index (χ0v) is 18.0. The number of aliphatic hydroxyl groups is 1. The fourth-order valence-electron chi connectivity index (χ4n) is 3.71. The highest BCUT2D eigenvalue weighted by Crippen LogP contribution is 2.31. The molecule has 2 aromatic rings. The Morgan fingerprint density at radius 3 is 2.57 bits per heavy atom. The van der Waals surface area contributed by atoms with Crippen molar-refractivity contribution in [3.8, 4) is 0 Å². The van der Waals surface area contributed by atoms with Crippen molar-refractivity contribution in [3.05, 3.63) is 73.8 Å². The summed E-state index contributed by atoms with van der Waals surface area (Å²) in [7, 11) is 1.67. The Morgan fingerprint density at radius 2 is 1.97 bits per heavy atom. The number of carbonyl (C=O) groups excluding carboxylic acids is 1. The maximum atomic E-state index is 12.9. The summed E-state index contributed by atoms with van der Waals surface area (Å²) in [4.78, 5) is 27.4.